The molecule has 9 heteroatoms. The van der Waals surface area contributed by atoms with Gasteiger partial charge in [-0.3, -0.25) is 14.9 Å². The number of pyridine rings is 2. The zero-order valence-electron chi connectivity index (χ0n) is 20.7. The topological polar surface area (TPSA) is 112 Å². The van der Waals surface area contributed by atoms with Crippen molar-refractivity contribution in [2.45, 2.75) is 27.2 Å². The van der Waals surface area contributed by atoms with E-state index in [-0.39, 0.29) is 11.3 Å². The molecule has 0 unspecified atom stereocenters. The molecule has 1 aromatic carbocycles. The van der Waals surface area contributed by atoms with Gasteiger partial charge < -0.3 is 10.3 Å². The van der Waals surface area contributed by atoms with Crippen molar-refractivity contribution in [3.8, 4) is 33.8 Å². The zero-order chi connectivity index (χ0) is 25.6. The highest BCUT2D eigenvalue weighted by Gasteiger charge is 2.18. The molecule has 3 N–H and O–H groups in total. The number of hydrogen-bond donors (Lipinski definition) is 3. The third-order valence-electron chi connectivity index (χ3n) is 6.06. The maximum absolute atomic E-state index is 12.4. The van der Waals surface area contributed by atoms with Crippen molar-refractivity contribution in [1.82, 2.24) is 30.1 Å². The number of thiophene rings is 1. The summed E-state index contributed by atoms with van der Waals surface area (Å²) in [6.07, 6.45) is 5.67. The van der Waals surface area contributed by atoms with Gasteiger partial charge >= 0.3 is 0 Å². The Morgan fingerprint density at radius 3 is 2.76 bits per heavy atom. The smallest absolute Gasteiger partial charge is 0.224 e. The average molecular weight is 508 g/mol. The Bertz CT molecular complexity index is 1740. The molecular formula is C28H25N7OS. The summed E-state index contributed by atoms with van der Waals surface area (Å²) in [5, 5.41) is 15.7. The van der Waals surface area contributed by atoms with Crippen LogP contribution < -0.4 is 5.32 Å². The van der Waals surface area contributed by atoms with E-state index in [9.17, 15) is 4.79 Å². The number of nitrogens with zero attached hydrogens (tertiary/aromatic N) is 4. The summed E-state index contributed by atoms with van der Waals surface area (Å²) in [5.41, 5.74) is 7.77. The Balaban J connectivity index is 1.36. The highest BCUT2D eigenvalue weighted by atomic mass is 32.1. The Labute approximate surface area is 217 Å². The number of anilines is 1. The molecule has 0 fully saturated rings. The quantitative estimate of drug-likeness (QED) is 0.241. The van der Waals surface area contributed by atoms with E-state index >= 15 is 0 Å². The molecular weight excluding hydrogens is 482 g/mol. The van der Waals surface area contributed by atoms with Gasteiger partial charge in [-0.15, -0.1) is 0 Å². The van der Waals surface area contributed by atoms with Gasteiger partial charge in [-0.2, -0.15) is 16.4 Å². The van der Waals surface area contributed by atoms with E-state index in [4.69, 9.17) is 4.98 Å². The number of aromatic nitrogens is 6. The van der Waals surface area contributed by atoms with Gasteiger partial charge in [-0.25, -0.2) is 9.97 Å². The number of aromatic amines is 2. The molecule has 0 aliphatic heterocycles. The lowest BCUT2D eigenvalue weighted by Crippen LogP contribution is -2.19. The van der Waals surface area contributed by atoms with Crippen LogP contribution in [0.15, 0.2) is 65.7 Å². The van der Waals surface area contributed by atoms with Gasteiger partial charge in [-0.05, 0) is 57.6 Å². The van der Waals surface area contributed by atoms with E-state index in [1.807, 2.05) is 45.0 Å². The fourth-order valence-electron chi connectivity index (χ4n) is 4.41. The van der Waals surface area contributed by atoms with Crippen molar-refractivity contribution in [3.05, 3.63) is 65.7 Å². The molecule has 0 aliphatic carbocycles. The Morgan fingerprint density at radius 1 is 1.05 bits per heavy atom. The number of carbonyl (C=O) groups is 1. The van der Waals surface area contributed by atoms with Crippen LogP contribution in [0.4, 0.5) is 5.69 Å². The number of rotatable bonds is 5. The van der Waals surface area contributed by atoms with Crippen LogP contribution in [0.2, 0.25) is 0 Å². The van der Waals surface area contributed by atoms with Gasteiger partial charge in [0.05, 0.1) is 22.9 Å². The van der Waals surface area contributed by atoms with Crippen LogP contribution >= 0.6 is 11.3 Å². The largest absolute Gasteiger partial charge is 0.335 e. The summed E-state index contributed by atoms with van der Waals surface area (Å²) < 4.78 is 0. The van der Waals surface area contributed by atoms with Crippen molar-refractivity contribution in [2.24, 2.45) is 5.41 Å². The molecule has 6 rings (SSSR count). The van der Waals surface area contributed by atoms with Gasteiger partial charge in [0.25, 0.3) is 0 Å². The summed E-state index contributed by atoms with van der Waals surface area (Å²) in [6.45, 7) is 6.12. The van der Waals surface area contributed by atoms with Gasteiger partial charge in [0.15, 0.2) is 11.5 Å². The molecule has 184 valence electrons. The Kier molecular flexibility index (Phi) is 5.57. The summed E-state index contributed by atoms with van der Waals surface area (Å²) in [7, 11) is 0. The fourth-order valence-corrected chi connectivity index (χ4v) is 5.06. The van der Waals surface area contributed by atoms with Crippen LogP contribution in [0.1, 0.15) is 27.2 Å². The summed E-state index contributed by atoms with van der Waals surface area (Å²) in [6, 6.07) is 12.1. The predicted octanol–water partition coefficient (Wildman–Crippen LogP) is 6.67. The van der Waals surface area contributed by atoms with Crippen molar-refractivity contribution < 1.29 is 4.79 Å². The lowest BCUT2D eigenvalue weighted by Gasteiger charge is -2.17. The Morgan fingerprint density at radius 2 is 1.95 bits per heavy atom. The minimum atomic E-state index is -0.0888. The van der Waals surface area contributed by atoms with Crippen LogP contribution in [-0.4, -0.2) is 36.0 Å². The molecule has 0 radical (unpaired) electrons. The number of hydrogen-bond acceptors (Lipinski definition) is 6. The molecule has 5 aromatic heterocycles. The predicted molar refractivity (Wildman–Crippen MR) is 148 cm³/mol. The molecule has 0 atom stereocenters. The lowest BCUT2D eigenvalue weighted by atomic mass is 9.92. The van der Waals surface area contributed by atoms with Crippen LogP contribution in [0.3, 0.4) is 0 Å². The first-order valence-corrected chi connectivity index (χ1v) is 12.9. The van der Waals surface area contributed by atoms with E-state index in [0.29, 0.717) is 29.3 Å². The number of benzene rings is 1. The van der Waals surface area contributed by atoms with E-state index in [2.05, 4.69) is 53.4 Å². The van der Waals surface area contributed by atoms with Crippen molar-refractivity contribution in [1.29, 1.82) is 0 Å². The molecule has 0 saturated heterocycles. The van der Waals surface area contributed by atoms with Gasteiger partial charge in [0.1, 0.15) is 5.69 Å². The first kappa shape index (κ1) is 23.1. The van der Waals surface area contributed by atoms with Gasteiger partial charge in [-0.1, -0.05) is 26.8 Å². The van der Waals surface area contributed by atoms with E-state index in [0.717, 1.165) is 38.7 Å². The lowest BCUT2D eigenvalue weighted by molar-refractivity contribution is -0.117. The monoisotopic (exact) mass is 507 g/mol. The summed E-state index contributed by atoms with van der Waals surface area (Å²) in [4.78, 5) is 29.4. The molecule has 0 spiro atoms. The Hall–Kier alpha value is -4.37. The number of nitrogens with one attached hydrogen (secondary N) is 3. The van der Waals surface area contributed by atoms with Crippen molar-refractivity contribution in [2.75, 3.05) is 5.32 Å². The van der Waals surface area contributed by atoms with Gasteiger partial charge in [0.2, 0.25) is 5.91 Å². The van der Waals surface area contributed by atoms with E-state index in [1.165, 1.54) is 0 Å². The number of carbonyl (C=O) groups excluding carboxylic acids is 1. The first-order chi connectivity index (χ1) is 17.8. The second-order valence-electron chi connectivity index (χ2n) is 10.2. The highest BCUT2D eigenvalue weighted by molar-refractivity contribution is 7.08. The third-order valence-corrected chi connectivity index (χ3v) is 6.74. The van der Waals surface area contributed by atoms with Crippen LogP contribution in [0.25, 0.3) is 55.8 Å². The highest BCUT2D eigenvalue weighted by Crippen LogP contribution is 2.33. The van der Waals surface area contributed by atoms with E-state index in [1.54, 1.807) is 29.9 Å². The molecule has 0 bridgehead atoms. The number of H-pyrrole nitrogens is 2. The van der Waals surface area contributed by atoms with Crippen LogP contribution in [0, 0.1) is 5.41 Å². The normalized spacial score (nSPS) is 11.9. The van der Waals surface area contributed by atoms with Crippen molar-refractivity contribution in [3.63, 3.8) is 0 Å². The molecule has 6 aromatic rings. The molecule has 37 heavy (non-hydrogen) atoms. The average Bonchev–Trinajstić information content (AvgIpc) is 3.61. The summed E-state index contributed by atoms with van der Waals surface area (Å²) in [5.74, 6) is 0.620. The first-order valence-electron chi connectivity index (χ1n) is 12.0. The van der Waals surface area contributed by atoms with E-state index < -0.39 is 0 Å². The van der Waals surface area contributed by atoms with Crippen LogP contribution in [0.5, 0.6) is 0 Å². The SMILES string of the molecule is CC(C)(C)CC(=O)Nc1cncc(-c2ccc3[nH]nc(-c4nc5nccc(-c6ccsc6)c5[nH]4)c3c2)c1. The molecule has 0 saturated carbocycles. The fraction of sp³-hybridized carbons (Fsp3) is 0.179. The minimum Gasteiger partial charge on any atom is -0.335 e. The minimum absolute atomic E-state index is 0.0284. The number of fused-ring (bicyclic) bond motifs is 2. The summed E-state index contributed by atoms with van der Waals surface area (Å²) >= 11 is 1.65. The van der Waals surface area contributed by atoms with Crippen molar-refractivity contribution >= 4 is 45.0 Å². The maximum atomic E-state index is 12.4. The van der Waals surface area contributed by atoms with Crippen LogP contribution in [-0.2, 0) is 4.79 Å². The third kappa shape index (κ3) is 4.61. The molecule has 8 nitrogen and oxygen atoms in total. The number of amides is 1. The second kappa shape index (κ2) is 8.94. The molecule has 5 heterocycles. The van der Waals surface area contributed by atoms with Gasteiger partial charge in [0, 0.05) is 35.3 Å². The zero-order valence-corrected chi connectivity index (χ0v) is 21.5. The maximum Gasteiger partial charge on any atom is 0.224 e. The number of imidazole rings is 1. The second-order valence-corrected chi connectivity index (χ2v) is 11.0. The standard InChI is InChI=1S/C28H25N7OS/c1-28(2,3)12-23(36)31-19-10-18(13-29-14-19)16-4-5-22-21(11-16)25(35-34-22)27-32-24-20(17-7-9-37-15-17)6-8-30-26(24)33-27/h4-11,13-15H,12H2,1-3H3,(H,31,36)(H,34,35)(H,30,32,33). The molecule has 0 aliphatic rings. The molecule has 1 amide bonds.